The molecule has 0 aliphatic heterocycles. The molecule has 0 spiro atoms. The minimum absolute atomic E-state index is 0. The molecule has 4 heteroatoms. The summed E-state index contributed by atoms with van der Waals surface area (Å²) >= 11 is 0. The van der Waals surface area contributed by atoms with E-state index in [1.54, 1.807) is 30.3 Å². The van der Waals surface area contributed by atoms with E-state index < -0.39 is 0 Å². The van der Waals surface area contributed by atoms with Gasteiger partial charge < -0.3 is 4.89 Å². The molecule has 0 fully saturated rings. The quantitative estimate of drug-likeness (QED) is 0.493. The van der Waals surface area contributed by atoms with Gasteiger partial charge in [0.25, 0.3) is 0 Å². The highest BCUT2D eigenvalue weighted by Gasteiger charge is 1.87. The summed E-state index contributed by atoms with van der Waals surface area (Å²) in [5.74, 6) is 0.347. The van der Waals surface area contributed by atoms with Gasteiger partial charge in [0.1, 0.15) is 0 Å². The molecule has 0 unspecified atom stereocenters. The number of hydrogen-bond donors (Lipinski definition) is 0. The lowest BCUT2D eigenvalue weighted by Crippen LogP contribution is -1.84. The highest BCUT2D eigenvalue weighted by Crippen LogP contribution is 2.07. The van der Waals surface area contributed by atoms with Gasteiger partial charge in [-0.15, -0.1) is 12.4 Å². The van der Waals surface area contributed by atoms with Crippen LogP contribution in [0.25, 0.3) is 0 Å². The molecule has 0 N–H and O–H groups in total. The van der Waals surface area contributed by atoms with Gasteiger partial charge in [0.2, 0.25) is 0 Å². The molecule has 0 amide bonds. The molecule has 1 rings (SSSR count). The normalized spacial score (nSPS) is 8.10. The van der Waals surface area contributed by atoms with Crippen LogP contribution in [0.5, 0.6) is 5.75 Å². The van der Waals surface area contributed by atoms with E-state index in [4.69, 9.17) is 0 Å². The number of benzene rings is 1. The molecule has 1 aromatic rings. The predicted molar refractivity (Wildman–Crippen MR) is 36.5 cm³/mol. The molecule has 10 heavy (non-hydrogen) atoms. The van der Waals surface area contributed by atoms with Crippen molar-refractivity contribution < 1.29 is 14.5 Å². The van der Waals surface area contributed by atoms with Crippen LogP contribution in [0.2, 0.25) is 0 Å². The highest BCUT2D eigenvalue weighted by molar-refractivity contribution is 5.85. The van der Waals surface area contributed by atoms with Gasteiger partial charge >= 0.3 is 0 Å². The highest BCUT2D eigenvalue weighted by atomic mass is 35.5. The minimum atomic E-state index is 0. The number of rotatable bonds is 2. The molecule has 0 saturated heterocycles. The Morgan fingerprint density at radius 3 is 2.20 bits per heavy atom. The molecule has 0 aliphatic rings. The second kappa shape index (κ2) is 5.02. The van der Waals surface area contributed by atoms with Crippen LogP contribution >= 0.6 is 12.4 Å². The Morgan fingerprint density at radius 2 is 1.70 bits per heavy atom. The van der Waals surface area contributed by atoms with Crippen LogP contribution in [0.15, 0.2) is 30.3 Å². The second-order valence-corrected chi connectivity index (χ2v) is 1.46. The zero-order chi connectivity index (χ0) is 6.53. The Bertz CT molecular complexity index is 169. The van der Waals surface area contributed by atoms with E-state index >= 15 is 0 Å². The summed E-state index contributed by atoms with van der Waals surface area (Å²) in [5, 5.41) is 2.93. The van der Waals surface area contributed by atoms with Crippen LogP contribution < -0.4 is 4.89 Å². The first kappa shape index (κ1) is 9.20. The lowest BCUT2D eigenvalue weighted by atomic mass is 10.3. The van der Waals surface area contributed by atoms with E-state index in [-0.39, 0.29) is 12.4 Å². The Labute approximate surface area is 63.8 Å². The minimum Gasteiger partial charge on any atom is -0.304 e. The number of halogens is 2. The fraction of sp³-hybridized carbons (Fsp3) is 0. The molecular formula is C6H6ClFO2. The van der Waals surface area contributed by atoms with Gasteiger partial charge in [0, 0.05) is 5.09 Å². The molecule has 0 aliphatic carbocycles. The summed E-state index contributed by atoms with van der Waals surface area (Å²) in [4.78, 5) is 4.04. The average Bonchev–Trinajstić information content (AvgIpc) is 1.91. The molecule has 56 valence electrons. The first-order chi connectivity index (χ1) is 4.43. The largest absolute Gasteiger partial charge is 0.304 e. The van der Waals surface area contributed by atoms with E-state index in [0.29, 0.717) is 5.75 Å². The third-order valence-electron chi connectivity index (χ3n) is 0.871. The van der Waals surface area contributed by atoms with Crippen LogP contribution in [0.1, 0.15) is 0 Å². The molecule has 0 radical (unpaired) electrons. The van der Waals surface area contributed by atoms with Crippen molar-refractivity contribution in [2.75, 3.05) is 0 Å². The van der Waals surface area contributed by atoms with E-state index in [0.717, 1.165) is 0 Å². The molecule has 0 bridgehead atoms. The van der Waals surface area contributed by atoms with Gasteiger partial charge in [-0.2, -0.15) is 0 Å². The van der Waals surface area contributed by atoms with Gasteiger partial charge in [-0.3, -0.25) is 0 Å². The topological polar surface area (TPSA) is 18.5 Å². The van der Waals surface area contributed by atoms with Crippen molar-refractivity contribution in [2.24, 2.45) is 0 Å². The van der Waals surface area contributed by atoms with Crippen molar-refractivity contribution in [3.8, 4) is 5.75 Å². The van der Waals surface area contributed by atoms with Gasteiger partial charge in [-0.05, 0) is 16.7 Å². The Balaban J connectivity index is 0.000000810. The lowest BCUT2D eigenvalue weighted by Gasteiger charge is -1.92. The van der Waals surface area contributed by atoms with Crippen molar-refractivity contribution in [1.82, 2.24) is 0 Å². The van der Waals surface area contributed by atoms with Crippen LogP contribution in [0.3, 0.4) is 0 Å². The molecule has 2 nitrogen and oxygen atoms in total. The lowest BCUT2D eigenvalue weighted by molar-refractivity contribution is -0.367. The summed E-state index contributed by atoms with van der Waals surface area (Å²) < 4.78 is 11.0. The van der Waals surface area contributed by atoms with Crippen molar-refractivity contribution in [3.05, 3.63) is 30.3 Å². The number of para-hydroxylation sites is 1. The smallest absolute Gasteiger partial charge is 0.168 e. The molecular weight excluding hydrogens is 159 g/mol. The van der Waals surface area contributed by atoms with Crippen molar-refractivity contribution >= 4 is 12.4 Å². The van der Waals surface area contributed by atoms with Gasteiger partial charge in [0.05, 0.1) is 0 Å². The summed E-state index contributed by atoms with van der Waals surface area (Å²) in [6.07, 6.45) is 0. The maximum absolute atomic E-state index is 11.0. The summed E-state index contributed by atoms with van der Waals surface area (Å²) in [5.41, 5.74) is 0. The fourth-order valence-electron chi connectivity index (χ4n) is 0.512. The average molecular weight is 165 g/mol. The van der Waals surface area contributed by atoms with Crippen LogP contribution in [0.4, 0.5) is 4.53 Å². The number of hydrogen-bond acceptors (Lipinski definition) is 2. The van der Waals surface area contributed by atoms with Crippen LogP contribution in [-0.4, -0.2) is 0 Å². The summed E-state index contributed by atoms with van der Waals surface area (Å²) in [7, 11) is 0. The van der Waals surface area contributed by atoms with Gasteiger partial charge in [0.15, 0.2) is 5.75 Å². The fourth-order valence-corrected chi connectivity index (χ4v) is 0.512. The van der Waals surface area contributed by atoms with E-state index in [1.165, 1.54) is 0 Å². The van der Waals surface area contributed by atoms with Crippen molar-refractivity contribution in [3.63, 3.8) is 0 Å². The van der Waals surface area contributed by atoms with Gasteiger partial charge in [-0.1, -0.05) is 18.2 Å². The first-order valence-corrected chi connectivity index (χ1v) is 2.44. The molecule has 0 aromatic heterocycles. The summed E-state index contributed by atoms with van der Waals surface area (Å²) in [6, 6.07) is 8.40. The van der Waals surface area contributed by atoms with Crippen LogP contribution in [0, 0.1) is 0 Å². The third kappa shape index (κ3) is 2.66. The second-order valence-electron chi connectivity index (χ2n) is 1.46. The zero-order valence-corrected chi connectivity index (χ0v) is 5.81. The SMILES string of the molecule is Cl.FOOc1ccccc1. The maximum Gasteiger partial charge on any atom is 0.168 e. The van der Waals surface area contributed by atoms with E-state index in [1.807, 2.05) is 0 Å². The van der Waals surface area contributed by atoms with Crippen LogP contribution in [-0.2, 0) is 5.09 Å². The Hall–Kier alpha value is -0.800. The molecule has 1 aromatic carbocycles. The standard InChI is InChI=1S/C6H5FO2.ClH/c7-9-8-6-4-2-1-3-5-6;/h1-5H;1H. The molecule has 0 saturated carbocycles. The van der Waals surface area contributed by atoms with E-state index in [2.05, 4.69) is 9.98 Å². The van der Waals surface area contributed by atoms with E-state index in [9.17, 15) is 4.53 Å². The van der Waals surface area contributed by atoms with Crippen molar-refractivity contribution in [2.45, 2.75) is 0 Å². The molecule has 0 atom stereocenters. The Kier molecular flexibility index (Phi) is 4.62. The first-order valence-electron chi connectivity index (χ1n) is 2.44. The third-order valence-corrected chi connectivity index (χ3v) is 0.871. The van der Waals surface area contributed by atoms with Crippen molar-refractivity contribution in [1.29, 1.82) is 0 Å². The summed E-state index contributed by atoms with van der Waals surface area (Å²) in [6.45, 7) is 0. The maximum atomic E-state index is 11.0. The molecule has 0 heterocycles. The predicted octanol–water partition coefficient (Wildman–Crippen LogP) is 2.30. The monoisotopic (exact) mass is 164 g/mol. The Morgan fingerprint density at radius 1 is 1.10 bits per heavy atom. The zero-order valence-electron chi connectivity index (χ0n) is 4.99. The van der Waals surface area contributed by atoms with Gasteiger partial charge in [-0.25, -0.2) is 0 Å².